The van der Waals surface area contributed by atoms with Gasteiger partial charge < -0.3 is 10.1 Å². The Morgan fingerprint density at radius 3 is 2.60 bits per heavy atom. The third-order valence-corrected chi connectivity index (χ3v) is 6.58. The lowest BCUT2D eigenvalue weighted by atomic mass is 10.0. The van der Waals surface area contributed by atoms with Crippen molar-refractivity contribution in [1.29, 1.82) is 0 Å². The standard InChI is InChI=1S/C28H32N4O3/c1-5-6-7-20-9-11-24-23(15-20)21(16-30-24)12-13-29-19(4)25-26(33)31-28(35)32(27(25)34)22-10-8-17(2)18(3)14-22/h8-11,14-16,30,34H,5-7,12-13H2,1-4H3,(H,31,33,35). The van der Waals surface area contributed by atoms with Gasteiger partial charge in [-0.25, -0.2) is 9.36 Å². The number of aromatic nitrogens is 3. The van der Waals surface area contributed by atoms with Gasteiger partial charge in [0.25, 0.3) is 5.56 Å². The molecule has 0 unspecified atom stereocenters. The van der Waals surface area contributed by atoms with Crippen molar-refractivity contribution in [3.05, 3.63) is 91.3 Å². The number of rotatable bonds is 8. The molecule has 0 atom stereocenters. The number of nitrogens with one attached hydrogen (secondary N) is 2. The van der Waals surface area contributed by atoms with Crippen molar-refractivity contribution in [3.63, 3.8) is 0 Å². The highest BCUT2D eigenvalue weighted by molar-refractivity contribution is 6.00. The lowest BCUT2D eigenvalue weighted by molar-refractivity contribution is 0.429. The zero-order chi connectivity index (χ0) is 25.1. The van der Waals surface area contributed by atoms with Gasteiger partial charge in [-0.1, -0.05) is 25.5 Å². The molecule has 4 rings (SSSR count). The highest BCUT2D eigenvalue weighted by Gasteiger charge is 2.18. The third kappa shape index (κ3) is 4.99. The van der Waals surface area contributed by atoms with Gasteiger partial charge in [0, 0.05) is 29.4 Å². The second-order valence-electron chi connectivity index (χ2n) is 9.08. The second-order valence-corrected chi connectivity index (χ2v) is 9.08. The summed E-state index contributed by atoms with van der Waals surface area (Å²) >= 11 is 0. The maximum atomic E-state index is 12.6. The van der Waals surface area contributed by atoms with Crippen molar-refractivity contribution in [3.8, 4) is 11.6 Å². The van der Waals surface area contributed by atoms with E-state index in [2.05, 4.69) is 40.1 Å². The first-order valence-corrected chi connectivity index (χ1v) is 12.1. The van der Waals surface area contributed by atoms with E-state index in [-0.39, 0.29) is 5.56 Å². The minimum atomic E-state index is -0.690. The van der Waals surface area contributed by atoms with Crippen molar-refractivity contribution < 1.29 is 5.11 Å². The van der Waals surface area contributed by atoms with Gasteiger partial charge in [-0.3, -0.25) is 14.8 Å². The van der Waals surface area contributed by atoms with E-state index in [4.69, 9.17) is 0 Å². The van der Waals surface area contributed by atoms with E-state index >= 15 is 0 Å². The lowest BCUT2D eigenvalue weighted by Gasteiger charge is -2.13. The number of fused-ring (bicyclic) bond motifs is 1. The molecule has 182 valence electrons. The van der Waals surface area contributed by atoms with Crippen LogP contribution in [0.15, 0.2) is 57.2 Å². The first-order valence-electron chi connectivity index (χ1n) is 12.1. The monoisotopic (exact) mass is 472 g/mol. The van der Waals surface area contributed by atoms with Crippen LogP contribution in [0.25, 0.3) is 16.6 Å². The van der Waals surface area contributed by atoms with Crippen LogP contribution in [0, 0.1) is 13.8 Å². The van der Waals surface area contributed by atoms with Gasteiger partial charge in [0.05, 0.1) is 5.69 Å². The van der Waals surface area contributed by atoms with Gasteiger partial charge in [-0.15, -0.1) is 0 Å². The quantitative estimate of drug-likeness (QED) is 0.323. The lowest BCUT2D eigenvalue weighted by Crippen LogP contribution is -2.32. The molecule has 7 heteroatoms. The number of aliphatic imine (C=N–C) groups is 1. The number of aromatic hydroxyl groups is 1. The molecule has 3 N–H and O–H groups in total. The van der Waals surface area contributed by atoms with Crippen LogP contribution in [0.4, 0.5) is 0 Å². The summed E-state index contributed by atoms with van der Waals surface area (Å²) in [5.74, 6) is -0.407. The summed E-state index contributed by atoms with van der Waals surface area (Å²) in [4.78, 5) is 35.3. The summed E-state index contributed by atoms with van der Waals surface area (Å²) in [6.07, 6.45) is 6.08. The Morgan fingerprint density at radius 2 is 1.86 bits per heavy atom. The van der Waals surface area contributed by atoms with Crippen LogP contribution in [0.2, 0.25) is 0 Å². The molecule has 0 amide bonds. The molecule has 0 spiro atoms. The fourth-order valence-corrected chi connectivity index (χ4v) is 4.35. The molecule has 2 aromatic heterocycles. The Morgan fingerprint density at radius 1 is 1.06 bits per heavy atom. The molecule has 2 aromatic carbocycles. The molecule has 0 saturated carbocycles. The predicted molar refractivity (Wildman–Crippen MR) is 141 cm³/mol. The molecule has 35 heavy (non-hydrogen) atoms. The smallest absolute Gasteiger partial charge is 0.335 e. The summed E-state index contributed by atoms with van der Waals surface area (Å²) in [6.45, 7) is 8.21. The molecular weight excluding hydrogens is 440 g/mol. The Balaban J connectivity index is 1.61. The van der Waals surface area contributed by atoms with Crippen LogP contribution in [-0.2, 0) is 12.8 Å². The number of benzene rings is 2. The van der Waals surface area contributed by atoms with Crippen molar-refractivity contribution >= 4 is 16.6 Å². The number of hydrogen-bond donors (Lipinski definition) is 3. The normalized spacial score (nSPS) is 11.9. The maximum absolute atomic E-state index is 12.6. The third-order valence-electron chi connectivity index (χ3n) is 6.58. The summed E-state index contributed by atoms with van der Waals surface area (Å²) in [5, 5.41) is 12.1. The summed E-state index contributed by atoms with van der Waals surface area (Å²) < 4.78 is 1.11. The van der Waals surface area contributed by atoms with E-state index in [0.717, 1.165) is 46.0 Å². The average Bonchev–Trinajstić information content (AvgIpc) is 3.22. The number of aromatic amines is 2. The van der Waals surface area contributed by atoms with Gasteiger partial charge in [0.15, 0.2) is 0 Å². The first-order chi connectivity index (χ1) is 16.8. The van der Waals surface area contributed by atoms with Gasteiger partial charge in [0.2, 0.25) is 5.88 Å². The van der Waals surface area contributed by atoms with Crippen molar-refractivity contribution in [1.82, 2.24) is 14.5 Å². The Kier molecular flexibility index (Phi) is 7.05. The van der Waals surface area contributed by atoms with Crippen molar-refractivity contribution in [2.45, 2.75) is 53.4 Å². The van der Waals surface area contributed by atoms with Crippen LogP contribution >= 0.6 is 0 Å². The average molecular weight is 473 g/mol. The van der Waals surface area contributed by atoms with Crippen LogP contribution < -0.4 is 11.2 Å². The van der Waals surface area contributed by atoms with Crippen molar-refractivity contribution in [2.75, 3.05) is 6.54 Å². The van der Waals surface area contributed by atoms with Gasteiger partial charge >= 0.3 is 5.69 Å². The van der Waals surface area contributed by atoms with E-state index in [1.165, 1.54) is 10.9 Å². The molecule has 0 bridgehead atoms. The minimum Gasteiger partial charge on any atom is -0.493 e. The van der Waals surface area contributed by atoms with Crippen LogP contribution in [0.5, 0.6) is 5.88 Å². The molecule has 0 aliphatic heterocycles. The predicted octanol–water partition coefficient (Wildman–Crippen LogP) is 4.72. The number of unbranched alkanes of at least 4 members (excludes halogenated alkanes) is 1. The Bertz CT molecular complexity index is 1520. The van der Waals surface area contributed by atoms with Crippen LogP contribution in [0.1, 0.15) is 54.5 Å². The number of hydrogen-bond acceptors (Lipinski definition) is 4. The van der Waals surface area contributed by atoms with Gasteiger partial charge in [0.1, 0.15) is 5.56 Å². The largest absolute Gasteiger partial charge is 0.493 e. The first kappa shape index (κ1) is 24.3. The maximum Gasteiger partial charge on any atom is 0.335 e. The number of aryl methyl sites for hydroxylation is 3. The molecule has 0 saturated heterocycles. The molecule has 0 radical (unpaired) electrons. The van der Waals surface area contributed by atoms with E-state index in [1.807, 2.05) is 26.1 Å². The van der Waals surface area contributed by atoms with E-state index in [0.29, 0.717) is 24.4 Å². The van der Waals surface area contributed by atoms with Crippen LogP contribution in [0.3, 0.4) is 0 Å². The number of H-pyrrole nitrogens is 2. The zero-order valence-electron chi connectivity index (χ0n) is 20.7. The summed E-state index contributed by atoms with van der Waals surface area (Å²) in [6, 6.07) is 11.9. The molecule has 2 heterocycles. The molecule has 4 aromatic rings. The second kappa shape index (κ2) is 10.2. The molecule has 0 fully saturated rings. The molecule has 0 aliphatic carbocycles. The van der Waals surface area contributed by atoms with E-state index in [9.17, 15) is 14.7 Å². The highest BCUT2D eigenvalue weighted by atomic mass is 16.3. The summed E-state index contributed by atoms with van der Waals surface area (Å²) in [7, 11) is 0. The fraction of sp³-hybridized carbons (Fsp3) is 0.321. The van der Waals surface area contributed by atoms with Gasteiger partial charge in [-0.2, -0.15) is 0 Å². The van der Waals surface area contributed by atoms with E-state index in [1.54, 1.807) is 19.1 Å². The van der Waals surface area contributed by atoms with E-state index < -0.39 is 17.1 Å². The molecule has 7 nitrogen and oxygen atoms in total. The SMILES string of the molecule is CCCCc1ccc2[nH]cc(CCN=C(C)c3c(O)n(-c4ccc(C)c(C)c4)c(=O)[nH]c3=O)c2c1. The zero-order valence-corrected chi connectivity index (χ0v) is 20.7. The molecular formula is C28H32N4O3. The number of nitrogens with zero attached hydrogens (tertiary/aromatic N) is 2. The van der Waals surface area contributed by atoms with Crippen LogP contribution in [-0.4, -0.2) is 31.9 Å². The Labute approximate surface area is 204 Å². The summed E-state index contributed by atoms with van der Waals surface area (Å²) in [5.41, 5.74) is 5.15. The van der Waals surface area contributed by atoms with Crippen molar-refractivity contribution in [2.24, 2.45) is 4.99 Å². The highest BCUT2D eigenvalue weighted by Crippen LogP contribution is 2.22. The topological polar surface area (TPSA) is 103 Å². The Hall–Kier alpha value is -3.87. The fourth-order valence-electron chi connectivity index (χ4n) is 4.35. The van der Waals surface area contributed by atoms with Gasteiger partial charge in [-0.05, 0) is 86.6 Å². The minimum absolute atomic E-state index is 0.00334. The molecule has 0 aliphatic rings.